The van der Waals surface area contributed by atoms with Crippen molar-refractivity contribution in [3.05, 3.63) is 100.0 Å². The predicted molar refractivity (Wildman–Crippen MR) is 139 cm³/mol. The zero-order valence-electron chi connectivity index (χ0n) is 19.6. The van der Waals surface area contributed by atoms with Gasteiger partial charge in [0, 0.05) is 17.3 Å². The van der Waals surface area contributed by atoms with E-state index in [1.165, 1.54) is 12.4 Å². The van der Waals surface area contributed by atoms with E-state index >= 15 is 0 Å². The molecule has 2 N–H and O–H groups in total. The van der Waals surface area contributed by atoms with Gasteiger partial charge >= 0.3 is 5.56 Å². The Hall–Kier alpha value is -4.18. The molecular weight excluding hydrogens is 502 g/mol. The first-order chi connectivity index (χ1) is 18.0. The molecule has 2 aromatic carbocycles. The maximum Gasteiger partial charge on any atom is 0.300 e. The number of allylic oxidation sites excluding steroid dienone is 2. The highest BCUT2D eigenvalue weighted by molar-refractivity contribution is 6.30. The Balaban J connectivity index is 1.45. The van der Waals surface area contributed by atoms with Gasteiger partial charge in [0.25, 0.3) is 0 Å². The molecule has 5 rings (SSSR count). The van der Waals surface area contributed by atoms with Crippen LogP contribution in [-0.2, 0) is 13.1 Å². The molecule has 4 aromatic rings. The number of alkyl halides is 1. The summed E-state index contributed by atoms with van der Waals surface area (Å²) < 4.78 is 35.3. The van der Waals surface area contributed by atoms with Gasteiger partial charge in [-0.05, 0) is 60.5 Å². The third-order valence-corrected chi connectivity index (χ3v) is 5.96. The Bertz CT molecular complexity index is 1510. The molecule has 0 amide bonds. The number of dihydropyridines is 1. The van der Waals surface area contributed by atoms with Gasteiger partial charge in [-0.15, -0.1) is 0 Å². The molecule has 0 saturated heterocycles. The van der Waals surface area contributed by atoms with Crippen LogP contribution in [-0.4, -0.2) is 32.0 Å². The summed E-state index contributed by atoms with van der Waals surface area (Å²) >= 11 is 6.04. The van der Waals surface area contributed by atoms with Crippen LogP contribution in [0.5, 0.6) is 5.75 Å². The smallest absolute Gasteiger partial charge is 0.300 e. The lowest BCUT2D eigenvalue weighted by molar-refractivity contribution is 0.209. The average Bonchev–Trinajstić information content (AvgIpc) is 3.32. The van der Waals surface area contributed by atoms with Crippen molar-refractivity contribution in [3.8, 4) is 5.75 Å². The number of nitrogens with zero attached hydrogens (tertiary/aromatic N) is 4. The minimum atomic E-state index is -0.620. The lowest BCUT2D eigenvalue weighted by Crippen LogP contribution is -2.32. The molecule has 190 valence electrons. The SMILES string of the molecule is O=c1nc(Nc2ccc(OC3C=CC=C(F)N3)cc2)n(Cc2ccc(Cl)cc2)c2ncn(CCCF)c12. The molecule has 11 heteroatoms. The van der Waals surface area contributed by atoms with E-state index in [0.29, 0.717) is 46.7 Å². The second-order valence-corrected chi connectivity index (χ2v) is 8.77. The first-order valence-electron chi connectivity index (χ1n) is 11.6. The Kier molecular flexibility index (Phi) is 7.18. The van der Waals surface area contributed by atoms with Crippen LogP contribution < -0.4 is 20.9 Å². The third kappa shape index (κ3) is 5.64. The molecule has 1 aliphatic rings. The topological polar surface area (TPSA) is 86.0 Å². The number of rotatable bonds is 9. The summed E-state index contributed by atoms with van der Waals surface area (Å²) in [5.41, 5.74) is 1.85. The summed E-state index contributed by atoms with van der Waals surface area (Å²) in [7, 11) is 0. The molecule has 1 unspecified atom stereocenters. The molecule has 37 heavy (non-hydrogen) atoms. The second-order valence-electron chi connectivity index (χ2n) is 8.34. The van der Waals surface area contributed by atoms with Crippen molar-refractivity contribution in [1.29, 1.82) is 0 Å². The van der Waals surface area contributed by atoms with E-state index in [2.05, 4.69) is 20.6 Å². The fourth-order valence-electron chi connectivity index (χ4n) is 3.95. The van der Waals surface area contributed by atoms with Crippen molar-refractivity contribution < 1.29 is 13.5 Å². The Morgan fingerprint density at radius 1 is 1.14 bits per heavy atom. The lowest BCUT2D eigenvalue weighted by atomic mass is 10.2. The number of ether oxygens (including phenoxy) is 1. The molecule has 0 bridgehead atoms. The number of nitrogens with one attached hydrogen (secondary N) is 2. The number of hydrogen-bond acceptors (Lipinski definition) is 6. The zero-order chi connectivity index (χ0) is 25.8. The first-order valence-corrected chi connectivity index (χ1v) is 12.0. The highest BCUT2D eigenvalue weighted by Gasteiger charge is 2.17. The Morgan fingerprint density at radius 3 is 2.65 bits per heavy atom. The first kappa shape index (κ1) is 24.5. The number of aryl methyl sites for hydroxylation is 1. The lowest BCUT2D eigenvalue weighted by Gasteiger charge is -2.19. The summed E-state index contributed by atoms with van der Waals surface area (Å²) in [5.74, 6) is 0.343. The number of benzene rings is 2. The van der Waals surface area contributed by atoms with Crippen molar-refractivity contribution >= 4 is 34.4 Å². The summed E-state index contributed by atoms with van der Waals surface area (Å²) in [6.07, 6.45) is 5.76. The molecule has 2 aromatic heterocycles. The molecule has 8 nitrogen and oxygen atoms in total. The van der Waals surface area contributed by atoms with Crippen LogP contribution in [0, 0.1) is 0 Å². The van der Waals surface area contributed by atoms with Gasteiger partial charge in [0.2, 0.25) is 5.95 Å². The monoisotopic (exact) mass is 524 g/mol. The van der Waals surface area contributed by atoms with E-state index in [0.717, 1.165) is 5.56 Å². The maximum absolute atomic E-state index is 13.4. The summed E-state index contributed by atoms with van der Waals surface area (Å²) in [5, 5.41) is 6.38. The zero-order valence-corrected chi connectivity index (χ0v) is 20.3. The van der Waals surface area contributed by atoms with Crippen LogP contribution in [0.1, 0.15) is 12.0 Å². The number of halogens is 3. The van der Waals surface area contributed by atoms with Gasteiger partial charge in [-0.25, -0.2) is 4.98 Å². The highest BCUT2D eigenvalue weighted by Crippen LogP contribution is 2.23. The van der Waals surface area contributed by atoms with Crippen molar-refractivity contribution in [3.63, 3.8) is 0 Å². The normalized spacial score (nSPS) is 14.9. The van der Waals surface area contributed by atoms with Gasteiger partial charge in [0.15, 0.2) is 23.3 Å². The predicted octanol–water partition coefficient (Wildman–Crippen LogP) is 5.07. The third-order valence-electron chi connectivity index (χ3n) is 5.71. The molecule has 1 aliphatic heterocycles. The molecule has 0 saturated carbocycles. The van der Waals surface area contributed by atoms with Crippen molar-refractivity contribution in [2.75, 3.05) is 12.0 Å². The number of fused-ring (bicyclic) bond motifs is 1. The molecule has 3 heterocycles. The van der Waals surface area contributed by atoms with E-state index in [-0.39, 0.29) is 6.42 Å². The summed E-state index contributed by atoms with van der Waals surface area (Å²) in [6.45, 7) is 0.192. The van der Waals surface area contributed by atoms with Gasteiger partial charge in [0.1, 0.15) is 5.75 Å². The van der Waals surface area contributed by atoms with E-state index in [1.54, 1.807) is 57.7 Å². The largest absolute Gasteiger partial charge is 0.467 e. The van der Waals surface area contributed by atoms with Crippen molar-refractivity contribution in [2.24, 2.45) is 0 Å². The molecule has 0 fully saturated rings. The van der Waals surface area contributed by atoms with Crippen LogP contribution in [0.3, 0.4) is 0 Å². The van der Waals surface area contributed by atoms with Crippen LogP contribution in [0.2, 0.25) is 5.02 Å². The van der Waals surface area contributed by atoms with Gasteiger partial charge in [0.05, 0.1) is 19.5 Å². The molecule has 1 atom stereocenters. The Morgan fingerprint density at radius 2 is 1.92 bits per heavy atom. The average molecular weight is 525 g/mol. The Labute approximate surface area is 215 Å². The standard InChI is InChI=1S/C26H23ClF2N6O2/c27-18-7-5-17(6-8-18)15-35-24-23(34(16-30-24)14-2-13-28)25(36)33-26(35)31-19-9-11-20(12-10-19)37-22-4-1-3-21(29)32-22/h1,3-12,16,22,32H,2,13-15H2,(H,31,33,36). The quantitative estimate of drug-likeness (QED) is 0.297. The maximum atomic E-state index is 13.4. The van der Waals surface area contributed by atoms with Crippen LogP contribution in [0.25, 0.3) is 11.2 Å². The molecule has 0 radical (unpaired) electrons. The van der Waals surface area contributed by atoms with Crippen LogP contribution >= 0.6 is 11.6 Å². The number of imidazole rings is 1. The summed E-state index contributed by atoms with van der Waals surface area (Å²) in [4.78, 5) is 21.7. The summed E-state index contributed by atoms with van der Waals surface area (Å²) in [6, 6.07) is 14.3. The van der Waals surface area contributed by atoms with E-state index in [9.17, 15) is 13.6 Å². The number of hydrogen-bond donors (Lipinski definition) is 2. The highest BCUT2D eigenvalue weighted by atomic mass is 35.5. The number of aromatic nitrogens is 4. The van der Waals surface area contributed by atoms with Gasteiger partial charge in [-0.3, -0.25) is 13.8 Å². The van der Waals surface area contributed by atoms with E-state index < -0.39 is 24.4 Å². The molecule has 0 aliphatic carbocycles. The van der Waals surface area contributed by atoms with Crippen LogP contribution in [0.15, 0.2) is 83.8 Å². The van der Waals surface area contributed by atoms with Gasteiger partial charge < -0.3 is 19.9 Å². The van der Waals surface area contributed by atoms with Crippen LogP contribution in [0.4, 0.5) is 20.4 Å². The minimum Gasteiger partial charge on any atom is -0.467 e. The molecular formula is C26H23ClF2N6O2. The van der Waals surface area contributed by atoms with E-state index in [4.69, 9.17) is 16.3 Å². The van der Waals surface area contributed by atoms with Crippen molar-refractivity contribution in [2.45, 2.75) is 25.7 Å². The van der Waals surface area contributed by atoms with Crippen molar-refractivity contribution in [1.82, 2.24) is 24.4 Å². The van der Waals surface area contributed by atoms with Gasteiger partial charge in [-0.1, -0.05) is 29.8 Å². The number of anilines is 2. The van der Waals surface area contributed by atoms with Gasteiger partial charge in [-0.2, -0.15) is 9.37 Å². The second kappa shape index (κ2) is 10.8. The molecule has 0 spiro atoms. The minimum absolute atomic E-state index is 0.269. The van der Waals surface area contributed by atoms with E-state index in [1.807, 2.05) is 12.1 Å². The fourth-order valence-corrected chi connectivity index (χ4v) is 4.08. The fraction of sp³-hybridized carbons (Fsp3) is 0.192.